The number of nitrogens with zero attached hydrogens (tertiary/aromatic N) is 5. The molecule has 0 spiro atoms. The Kier molecular flexibility index (Phi) is 7.42. The van der Waals surface area contributed by atoms with Gasteiger partial charge in [-0.05, 0) is 64.7 Å². The van der Waals surface area contributed by atoms with Crippen LogP contribution < -0.4 is 0 Å². The molecule has 56 heavy (non-hydrogen) atoms. The number of hydrogen-bond donors (Lipinski definition) is 0. The molecule has 11 aromatic rings. The van der Waals surface area contributed by atoms with E-state index < -0.39 is 0 Å². The molecule has 0 unspecified atom stereocenters. The predicted molar refractivity (Wildman–Crippen MR) is 230 cm³/mol. The Morgan fingerprint density at radius 3 is 1.27 bits per heavy atom. The number of para-hydroxylation sites is 4. The van der Waals surface area contributed by atoms with Crippen molar-refractivity contribution in [2.24, 2.45) is 0 Å². The molecule has 0 bridgehead atoms. The van der Waals surface area contributed by atoms with Crippen molar-refractivity contribution in [1.29, 1.82) is 0 Å². The molecule has 0 saturated carbocycles. The van der Waals surface area contributed by atoms with E-state index in [1.54, 1.807) is 0 Å². The van der Waals surface area contributed by atoms with E-state index in [-0.39, 0.29) is 0 Å². The van der Waals surface area contributed by atoms with Gasteiger partial charge in [0.05, 0.1) is 27.8 Å². The van der Waals surface area contributed by atoms with E-state index in [0.29, 0.717) is 17.6 Å². The van der Waals surface area contributed by atoms with Crippen LogP contribution in [0.3, 0.4) is 0 Å². The highest BCUT2D eigenvalue weighted by molar-refractivity contribution is 6.10. The van der Waals surface area contributed by atoms with Crippen molar-refractivity contribution in [1.82, 2.24) is 24.1 Å². The maximum absolute atomic E-state index is 5.45. The lowest BCUT2D eigenvalue weighted by atomic mass is 10.0. The summed E-state index contributed by atoms with van der Waals surface area (Å²) in [6.07, 6.45) is 0. The first kappa shape index (κ1) is 31.9. The maximum atomic E-state index is 5.45. The Bertz CT molecular complexity index is 3140. The van der Waals surface area contributed by atoms with Crippen LogP contribution in [0.5, 0.6) is 0 Å². The molecule has 11 rings (SSSR count). The molecule has 0 fully saturated rings. The van der Waals surface area contributed by atoms with Gasteiger partial charge in [0.1, 0.15) is 0 Å². The number of rotatable bonds is 6. The fraction of sp³-hybridized carbons (Fsp3) is 0. The van der Waals surface area contributed by atoms with Gasteiger partial charge in [-0.1, -0.05) is 158 Å². The summed E-state index contributed by atoms with van der Waals surface area (Å²) in [4.78, 5) is 16.2. The summed E-state index contributed by atoms with van der Waals surface area (Å²) in [6, 6.07) is 70.3. The average molecular weight is 716 g/mol. The third kappa shape index (κ3) is 5.21. The summed E-state index contributed by atoms with van der Waals surface area (Å²) >= 11 is 0. The van der Waals surface area contributed by atoms with Gasteiger partial charge in [0, 0.05) is 32.7 Å². The number of benzene rings is 8. The van der Waals surface area contributed by atoms with Gasteiger partial charge < -0.3 is 4.57 Å². The van der Waals surface area contributed by atoms with Crippen LogP contribution in [0, 0.1) is 0 Å². The van der Waals surface area contributed by atoms with Gasteiger partial charge in [0.15, 0.2) is 11.6 Å². The number of hydrogen-bond acceptors (Lipinski definition) is 3. The van der Waals surface area contributed by atoms with Crippen LogP contribution in [-0.2, 0) is 0 Å². The summed E-state index contributed by atoms with van der Waals surface area (Å²) in [5, 5.41) is 4.69. The third-order valence-electron chi connectivity index (χ3n) is 10.8. The molecule has 0 saturated heterocycles. The molecule has 0 aliphatic carbocycles. The van der Waals surface area contributed by atoms with Crippen LogP contribution in [0.2, 0.25) is 0 Å². The van der Waals surface area contributed by atoms with Gasteiger partial charge in [-0.25, -0.2) is 4.98 Å². The smallest absolute Gasteiger partial charge is 0.238 e. The molecular formula is C51H33N5. The van der Waals surface area contributed by atoms with Crippen LogP contribution in [0.1, 0.15) is 0 Å². The summed E-state index contributed by atoms with van der Waals surface area (Å²) in [5.41, 5.74) is 11.6. The van der Waals surface area contributed by atoms with Crippen LogP contribution in [0.4, 0.5) is 0 Å². The molecule has 0 atom stereocenters. The zero-order valence-electron chi connectivity index (χ0n) is 30.3. The predicted octanol–water partition coefficient (Wildman–Crippen LogP) is 12.7. The number of aromatic nitrogens is 5. The van der Waals surface area contributed by atoms with E-state index in [2.05, 4.69) is 203 Å². The van der Waals surface area contributed by atoms with Gasteiger partial charge >= 0.3 is 0 Å². The first-order valence-electron chi connectivity index (χ1n) is 18.9. The fourth-order valence-electron chi connectivity index (χ4n) is 8.22. The Hall–Kier alpha value is -7.63. The van der Waals surface area contributed by atoms with Crippen LogP contribution in [-0.4, -0.2) is 24.1 Å². The highest BCUT2D eigenvalue weighted by Gasteiger charge is 2.22. The fourth-order valence-corrected chi connectivity index (χ4v) is 8.22. The second-order valence-electron chi connectivity index (χ2n) is 14.1. The highest BCUT2D eigenvalue weighted by Crippen LogP contribution is 2.39. The van der Waals surface area contributed by atoms with Crippen LogP contribution in [0.15, 0.2) is 200 Å². The van der Waals surface area contributed by atoms with Crippen molar-refractivity contribution in [2.75, 3.05) is 0 Å². The maximum Gasteiger partial charge on any atom is 0.238 e. The van der Waals surface area contributed by atoms with Crippen molar-refractivity contribution < 1.29 is 0 Å². The quantitative estimate of drug-likeness (QED) is 0.172. The van der Waals surface area contributed by atoms with Crippen LogP contribution >= 0.6 is 0 Å². The zero-order chi connectivity index (χ0) is 37.0. The standard InChI is InChI=1S/C51H33N5/c1-3-16-34(17-4-1)36-20-15-21-38(32-36)49-52-50(54-51(53-49)56-46-28-13-9-24-41(46)42-25-10-14-29-47(42)56)43-33-37(35-18-5-2-6-19-35)30-31-48(43)55-44-26-11-7-22-39(44)40-23-8-12-27-45(40)55/h1-33H. The molecule has 5 heteroatoms. The van der Waals surface area contributed by atoms with E-state index in [0.717, 1.165) is 71.9 Å². The van der Waals surface area contributed by atoms with Gasteiger partial charge in [0.25, 0.3) is 0 Å². The topological polar surface area (TPSA) is 48.5 Å². The minimum Gasteiger partial charge on any atom is -0.309 e. The molecule has 8 aromatic carbocycles. The summed E-state index contributed by atoms with van der Waals surface area (Å²) in [5.74, 6) is 1.75. The lowest BCUT2D eigenvalue weighted by molar-refractivity contribution is 0.952. The summed E-state index contributed by atoms with van der Waals surface area (Å²) in [6.45, 7) is 0. The SMILES string of the molecule is c1ccc(-c2cccc(-c3nc(-c4cc(-c5ccccc5)ccc4-n4c5ccccc5c5ccccc54)nc(-n4c5ccccc5c5ccccc54)n3)c2)cc1. The van der Waals surface area contributed by atoms with Crippen LogP contribution in [0.25, 0.3) is 100 Å². The lowest BCUT2D eigenvalue weighted by Gasteiger charge is -2.17. The van der Waals surface area contributed by atoms with E-state index in [1.165, 1.54) is 10.8 Å². The Balaban J connectivity index is 1.24. The van der Waals surface area contributed by atoms with Crippen molar-refractivity contribution in [3.05, 3.63) is 200 Å². The second-order valence-corrected chi connectivity index (χ2v) is 14.1. The summed E-state index contributed by atoms with van der Waals surface area (Å²) < 4.78 is 4.54. The normalized spacial score (nSPS) is 11.6. The first-order chi connectivity index (χ1) is 27.8. The van der Waals surface area contributed by atoms with Gasteiger partial charge in [0.2, 0.25) is 5.95 Å². The van der Waals surface area contributed by atoms with Gasteiger partial charge in [-0.3, -0.25) is 4.57 Å². The van der Waals surface area contributed by atoms with Crippen molar-refractivity contribution >= 4 is 43.6 Å². The first-order valence-corrected chi connectivity index (χ1v) is 18.9. The molecule has 0 amide bonds. The molecule has 0 radical (unpaired) electrons. The molecule has 0 N–H and O–H groups in total. The molecule has 0 aliphatic heterocycles. The van der Waals surface area contributed by atoms with E-state index in [1.807, 2.05) is 6.07 Å². The highest BCUT2D eigenvalue weighted by atomic mass is 15.2. The Labute approximate surface area is 323 Å². The number of fused-ring (bicyclic) bond motifs is 6. The minimum atomic E-state index is 0.561. The zero-order valence-corrected chi connectivity index (χ0v) is 30.3. The van der Waals surface area contributed by atoms with Gasteiger partial charge in [-0.15, -0.1) is 0 Å². The Morgan fingerprint density at radius 2 is 0.714 bits per heavy atom. The third-order valence-corrected chi connectivity index (χ3v) is 10.8. The molecular weight excluding hydrogens is 683 g/mol. The largest absolute Gasteiger partial charge is 0.309 e. The monoisotopic (exact) mass is 715 g/mol. The molecule has 5 nitrogen and oxygen atoms in total. The van der Waals surface area contributed by atoms with E-state index in [4.69, 9.17) is 15.0 Å². The van der Waals surface area contributed by atoms with E-state index in [9.17, 15) is 0 Å². The second kappa shape index (κ2) is 13.0. The minimum absolute atomic E-state index is 0.561. The average Bonchev–Trinajstić information content (AvgIpc) is 3.80. The molecule has 0 aliphatic rings. The molecule has 262 valence electrons. The van der Waals surface area contributed by atoms with Gasteiger partial charge in [-0.2, -0.15) is 9.97 Å². The Morgan fingerprint density at radius 1 is 0.286 bits per heavy atom. The lowest BCUT2D eigenvalue weighted by Crippen LogP contribution is -2.08. The van der Waals surface area contributed by atoms with Crippen molar-refractivity contribution in [3.8, 4) is 56.7 Å². The molecule has 3 heterocycles. The van der Waals surface area contributed by atoms with Crippen molar-refractivity contribution in [2.45, 2.75) is 0 Å². The van der Waals surface area contributed by atoms with Crippen molar-refractivity contribution in [3.63, 3.8) is 0 Å². The van der Waals surface area contributed by atoms with E-state index >= 15 is 0 Å². The molecule has 3 aromatic heterocycles. The summed E-state index contributed by atoms with van der Waals surface area (Å²) in [7, 11) is 0.